The van der Waals surface area contributed by atoms with Crippen LogP contribution >= 0.6 is 11.6 Å². The SMILES string of the molecule is NS(=O)(=O)c1c(F)c(F)cc(C(=O)NC2CC2)c1Cl. The summed E-state index contributed by atoms with van der Waals surface area (Å²) < 4.78 is 49.1. The average molecular weight is 311 g/mol. The normalized spacial score (nSPS) is 15.4. The van der Waals surface area contributed by atoms with Crippen molar-refractivity contribution in [1.29, 1.82) is 0 Å². The zero-order valence-corrected chi connectivity index (χ0v) is 11.0. The van der Waals surface area contributed by atoms with Crippen molar-refractivity contribution in [3.63, 3.8) is 0 Å². The third-order valence-corrected chi connectivity index (χ3v) is 4.01. The van der Waals surface area contributed by atoms with Crippen molar-refractivity contribution in [3.05, 3.63) is 28.3 Å². The molecule has 0 atom stereocenters. The second-order valence-corrected chi connectivity index (χ2v) is 6.03. The second kappa shape index (κ2) is 4.69. The third kappa shape index (κ3) is 2.85. The summed E-state index contributed by atoms with van der Waals surface area (Å²) in [7, 11) is -4.58. The van der Waals surface area contributed by atoms with Gasteiger partial charge in [0, 0.05) is 6.04 Å². The molecule has 1 aliphatic carbocycles. The Kier molecular flexibility index (Phi) is 3.50. The Morgan fingerprint density at radius 3 is 2.47 bits per heavy atom. The van der Waals surface area contributed by atoms with Crippen LogP contribution in [0.4, 0.5) is 8.78 Å². The quantitative estimate of drug-likeness (QED) is 0.821. The minimum absolute atomic E-state index is 0.0467. The minimum atomic E-state index is -4.58. The lowest BCUT2D eigenvalue weighted by Crippen LogP contribution is -2.27. The Balaban J connectivity index is 2.56. The van der Waals surface area contributed by atoms with Crippen molar-refractivity contribution in [2.75, 3.05) is 0 Å². The molecule has 19 heavy (non-hydrogen) atoms. The predicted octanol–water partition coefficient (Wildman–Crippen LogP) is 1.16. The molecule has 0 radical (unpaired) electrons. The van der Waals surface area contributed by atoms with Crippen LogP contribution in [0, 0.1) is 11.6 Å². The molecular formula is C10H9ClF2N2O3S. The van der Waals surface area contributed by atoms with Gasteiger partial charge in [-0.25, -0.2) is 22.3 Å². The van der Waals surface area contributed by atoms with Gasteiger partial charge >= 0.3 is 0 Å². The first kappa shape index (κ1) is 14.2. The van der Waals surface area contributed by atoms with Crippen molar-refractivity contribution in [2.24, 2.45) is 5.14 Å². The zero-order chi connectivity index (χ0) is 14.4. The number of sulfonamides is 1. The average Bonchev–Trinajstić information content (AvgIpc) is 3.05. The van der Waals surface area contributed by atoms with Crippen LogP contribution in [0.5, 0.6) is 0 Å². The largest absolute Gasteiger partial charge is 0.349 e. The van der Waals surface area contributed by atoms with E-state index in [0.717, 1.165) is 12.8 Å². The number of rotatable bonds is 3. The molecular weight excluding hydrogens is 302 g/mol. The number of primary sulfonamides is 1. The number of carbonyl (C=O) groups is 1. The Hall–Kier alpha value is -1.25. The lowest BCUT2D eigenvalue weighted by molar-refractivity contribution is 0.0950. The number of carbonyl (C=O) groups excluding carboxylic acids is 1. The van der Waals surface area contributed by atoms with Crippen molar-refractivity contribution in [3.8, 4) is 0 Å². The molecule has 0 aliphatic heterocycles. The van der Waals surface area contributed by atoms with Gasteiger partial charge in [0.25, 0.3) is 5.91 Å². The number of hydrogen-bond donors (Lipinski definition) is 2. The smallest absolute Gasteiger partial charge is 0.253 e. The molecule has 3 N–H and O–H groups in total. The van der Waals surface area contributed by atoms with Gasteiger partial charge in [-0.2, -0.15) is 0 Å². The van der Waals surface area contributed by atoms with Crippen molar-refractivity contribution in [2.45, 2.75) is 23.8 Å². The molecule has 1 amide bonds. The minimum Gasteiger partial charge on any atom is -0.349 e. The second-order valence-electron chi connectivity index (χ2n) is 4.16. The van der Waals surface area contributed by atoms with Crippen LogP contribution in [0.2, 0.25) is 5.02 Å². The van der Waals surface area contributed by atoms with Crippen molar-refractivity contribution < 1.29 is 22.0 Å². The maximum absolute atomic E-state index is 13.4. The summed E-state index contributed by atoms with van der Waals surface area (Å²) in [6.07, 6.45) is 1.55. The van der Waals surface area contributed by atoms with Crippen molar-refractivity contribution in [1.82, 2.24) is 5.32 Å². The van der Waals surface area contributed by atoms with E-state index in [1.807, 2.05) is 0 Å². The molecule has 0 bridgehead atoms. The summed E-state index contributed by atoms with van der Waals surface area (Å²) >= 11 is 5.64. The monoisotopic (exact) mass is 310 g/mol. The standard InChI is InChI=1S/C10H9ClF2N2O3S/c11-7-5(10(16)15-4-1-2-4)3-6(12)8(13)9(7)19(14,17)18/h3-4H,1-2H2,(H,15,16)(H2,14,17,18). The van der Waals surface area contributed by atoms with E-state index in [4.69, 9.17) is 16.7 Å². The molecule has 0 heterocycles. The van der Waals surface area contributed by atoms with Gasteiger partial charge in [-0.3, -0.25) is 4.79 Å². The van der Waals surface area contributed by atoms with Gasteiger partial charge in [-0.1, -0.05) is 11.6 Å². The van der Waals surface area contributed by atoms with Crippen LogP contribution in [0.1, 0.15) is 23.2 Å². The predicted molar refractivity (Wildman–Crippen MR) is 63.2 cm³/mol. The van der Waals surface area contributed by atoms with Gasteiger partial charge in [0.05, 0.1) is 10.6 Å². The molecule has 0 spiro atoms. The highest BCUT2D eigenvalue weighted by Gasteiger charge is 2.30. The highest BCUT2D eigenvalue weighted by atomic mass is 35.5. The van der Waals surface area contributed by atoms with Gasteiger partial charge in [0.2, 0.25) is 10.0 Å². The molecule has 1 fully saturated rings. The third-order valence-electron chi connectivity index (χ3n) is 2.56. The molecule has 1 aromatic rings. The van der Waals surface area contributed by atoms with E-state index in [1.54, 1.807) is 0 Å². The van der Waals surface area contributed by atoms with Gasteiger partial charge < -0.3 is 5.32 Å². The first-order chi connectivity index (χ1) is 8.71. The van der Waals surface area contributed by atoms with Crippen LogP contribution < -0.4 is 10.5 Å². The van der Waals surface area contributed by atoms with Crippen LogP contribution in [0.25, 0.3) is 0 Å². The number of halogens is 3. The fraction of sp³-hybridized carbons (Fsp3) is 0.300. The van der Waals surface area contributed by atoms with E-state index in [9.17, 15) is 22.0 Å². The van der Waals surface area contributed by atoms with E-state index < -0.39 is 43.0 Å². The number of nitrogens with one attached hydrogen (secondary N) is 1. The van der Waals surface area contributed by atoms with E-state index in [0.29, 0.717) is 6.07 Å². The Bertz CT molecular complexity index is 659. The summed E-state index contributed by atoms with van der Waals surface area (Å²) in [6, 6.07) is 0.499. The Morgan fingerprint density at radius 2 is 2.00 bits per heavy atom. The Morgan fingerprint density at radius 1 is 1.42 bits per heavy atom. The number of nitrogens with two attached hydrogens (primary N) is 1. The maximum Gasteiger partial charge on any atom is 0.253 e. The highest BCUT2D eigenvalue weighted by molar-refractivity contribution is 7.89. The summed E-state index contributed by atoms with van der Waals surface area (Å²) in [5.41, 5.74) is -0.462. The summed E-state index contributed by atoms with van der Waals surface area (Å²) in [4.78, 5) is 10.5. The number of amides is 1. The fourth-order valence-corrected chi connectivity index (χ4v) is 2.74. The summed E-state index contributed by atoms with van der Waals surface area (Å²) in [6.45, 7) is 0. The lowest BCUT2D eigenvalue weighted by atomic mass is 10.2. The molecule has 104 valence electrons. The van der Waals surface area contributed by atoms with Crippen molar-refractivity contribution >= 4 is 27.5 Å². The fourth-order valence-electron chi connectivity index (χ4n) is 1.49. The van der Waals surface area contributed by atoms with Gasteiger partial charge in [0.15, 0.2) is 11.6 Å². The molecule has 0 saturated heterocycles. The molecule has 0 aromatic heterocycles. The van der Waals surface area contributed by atoms with Crippen LogP contribution in [0.3, 0.4) is 0 Å². The molecule has 0 unspecified atom stereocenters. The van der Waals surface area contributed by atoms with E-state index in [-0.39, 0.29) is 6.04 Å². The first-order valence-electron chi connectivity index (χ1n) is 5.23. The van der Waals surface area contributed by atoms with Crippen LogP contribution in [0.15, 0.2) is 11.0 Å². The van der Waals surface area contributed by atoms with E-state index in [2.05, 4.69) is 5.32 Å². The zero-order valence-electron chi connectivity index (χ0n) is 9.41. The van der Waals surface area contributed by atoms with E-state index >= 15 is 0 Å². The molecule has 1 aromatic carbocycles. The van der Waals surface area contributed by atoms with Crippen LogP contribution in [-0.2, 0) is 10.0 Å². The Labute approximate surface area is 112 Å². The molecule has 2 rings (SSSR count). The molecule has 1 saturated carbocycles. The molecule has 5 nitrogen and oxygen atoms in total. The molecule has 9 heteroatoms. The lowest BCUT2D eigenvalue weighted by Gasteiger charge is -2.10. The first-order valence-corrected chi connectivity index (χ1v) is 7.15. The van der Waals surface area contributed by atoms with Gasteiger partial charge in [-0.05, 0) is 18.9 Å². The van der Waals surface area contributed by atoms with Gasteiger partial charge in [0.1, 0.15) is 4.90 Å². The maximum atomic E-state index is 13.4. The van der Waals surface area contributed by atoms with Gasteiger partial charge in [-0.15, -0.1) is 0 Å². The highest BCUT2D eigenvalue weighted by Crippen LogP contribution is 2.30. The number of hydrogen-bond acceptors (Lipinski definition) is 3. The van der Waals surface area contributed by atoms with E-state index in [1.165, 1.54) is 0 Å². The van der Waals surface area contributed by atoms with Crippen LogP contribution in [-0.4, -0.2) is 20.4 Å². The summed E-state index contributed by atoms with van der Waals surface area (Å²) in [5.74, 6) is -3.97. The topological polar surface area (TPSA) is 89.3 Å². The summed E-state index contributed by atoms with van der Waals surface area (Å²) in [5, 5.41) is 6.52. The number of benzene rings is 1. The molecule has 1 aliphatic rings.